The first kappa shape index (κ1) is 22.0. The molecule has 0 atom stereocenters. The lowest BCUT2D eigenvalue weighted by Gasteiger charge is -2.33. The highest BCUT2D eigenvalue weighted by molar-refractivity contribution is 6.08. The standard InChI is InChI=1S/C24H30N4O4/c1-17-9-13-24(14-10-17)22(31)28(23(32)25-24)26-21(30)19-11-15-27(16-12-19)20(29)8-7-18-5-3-2-4-6-18/h2-8,17,19H,9-16H2,1H3,(H,25,32)(H,26,30)/b8-7-. The molecule has 1 saturated carbocycles. The molecule has 0 aromatic heterocycles. The highest BCUT2D eigenvalue weighted by Gasteiger charge is 2.53. The van der Waals surface area contributed by atoms with Crippen LogP contribution in [0.3, 0.4) is 0 Å². The fourth-order valence-electron chi connectivity index (χ4n) is 4.72. The summed E-state index contributed by atoms with van der Waals surface area (Å²) in [5.74, 6) is -0.608. The highest BCUT2D eigenvalue weighted by Crippen LogP contribution is 2.36. The molecule has 1 spiro atoms. The molecule has 2 heterocycles. The van der Waals surface area contributed by atoms with Crippen LogP contribution >= 0.6 is 0 Å². The van der Waals surface area contributed by atoms with Crippen molar-refractivity contribution >= 4 is 29.8 Å². The molecular weight excluding hydrogens is 408 g/mol. The quantitative estimate of drug-likeness (QED) is 0.557. The molecule has 2 saturated heterocycles. The smallest absolute Gasteiger partial charge is 0.339 e. The third kappa shape index (κ3) is 4.54. The van der Waals surface area contributed by atoms with Crippen molar-refractivity contribution in [3.05, 3.63) is 42.0 Å². The minimum Gasteiger partial charge on any atom is -0.339 e. The van der Waals surface area contributed by atoms with E-state index in [1.54, 1.807) is 17.1 Å². The first-order valence-electron chi connectivity index (χ1n) is 11.4. The third-order valence-electron chi connectivity index (χ3n) is 6.91. The van der Waals surface area contributed by atoms with Crippen LogP contribution in [-0.4, -0.2) is 52.3 Å². The molecule has 8 nitrogen and oxygen atoms in total. The Morgan fingerprint density at radius 2 is 1.72 bits per heavy atom. The Hall–Kier alpha value is -3.16. The number of urea groups is 1. The van der Waals surface area contributed by atoms with Gasteiger partial charge in [-0.15, -0.1) is 0 Å². The summed E-state index contributed by atoms with van der Waals surface area (Å²) in [6.07, 6.45) is 7.25. The Kier molecular flexibility index (Phi) is 6.30. The van der Waals surface area contributed by atoms with Crippen LogP contribution in [-0.2, 0) is 14.4 Å². The number of piperidine rings is 1. The van der Waals surface area contributed by atoms with Gasteiger partial charge < -0.3 is 10.2 Å². The molecule has 0 radical (unpaired) electrons. The lowest BCUT2D eigenvalue weighted by molar-refractivity contribution is -0.142. The average Bonchev–Trinajstić information content (AvgIpc) is 3.04. The lowest BCUT2D eigenvalue weighted by Crippen LogP contribution is -2.53. The van der Waals surface area contributed by atoms with Crippen LogP contribution in [0.2, 0.25) is 0 Å². The van der Waals surface area contributed by atoms with E-state index in [-0.39, 0.29) is 23.6 Å². The predicted octanol–water partition coefficient (Wildman–Crippen LogP) is 2.47. The Morgan fingerprint density at radius 1 is 1.06 bits per heavy atom. The Morgan fingerprint density at radius 3 is 2.38 bits per heavy atom. The normalized spacial score (nSPS) is 26.6. The third-order valence-corrected chi connectivity index (χ3v) is 6.91. The summed E-state index contributed by atoms with van der Waals surface area (Å²) in [6, 6.07) is 9.04. The number of carbonyl (C=O) groups is 4. The van der Waals surface area contributed by atoms with Gasteiger partial charge in [-0.2, -0.15) is 5.01 Å². The minimum absolute atomic E-state index is 0.0877. The molecule has 4 rings (SSSR count). The number of amides is 5. The number of nitrogens with one attached hydrogen (secondary N) is 2. The van der Waals surface area contributed by atoms with Gasteiger partial charge in [-0.3, -0.25) is 19.8 Å². The van der Waals surface area contributed by atoms with Gasteiger partial charge in [-0.1, -0.05) is 37.3 Å². The predicted molar refractivity (Wildman–Crippen MR) is 119 cm³/mol. The average molecular weight is 439 g/mol. The maximum absolute atomic E-state index is 12.9. The molecule has 1 aromatic carbocycles. The van der Waals surface area contributed by atoms with Gasteiger partial charge in [0.15, 0.2) is 0 Å². The molecular formula is C24H30N4O4. The summed E-state index contributed by atoms with van der Waals surface area (Å²) < 4.78 is 0. The fraction of sp³-hybridized carbons (Fsp3) is 0.500. The second kappa shape index (κ2) is 9.14. The van der Waals surface area contributed by atoms with E-state index < -0.39 is 11.6 Å². The van der Waals surface area contributed by atoms with Crippen LogP contribution in [0.5, 0.6) is 0 Å². The molecule has 2 aliphatic heterocycles. The molecule has 0 bridgehead atoms. The molecule has 170 valence electrons. The van der Waals surface area contributed by atoms with E-state index in [0.29, 0.717) is 44.7 Å². The van der Waals surface area contributed by atoms with Crippen molar-refractivity contribution in [2.24, 2.45) is 11.8 Å². The van der Waals surface area contributed by atoms with Crippen molar-refractivity contribution in [2.45, 2.75) is 51.0 Å². The summed E-state index contributed by atoms with van der Waals surface area (Å²) >= 11 is 0. The maximum atomic E-state index is 12.9. The highest BCUT2D eigenvalue weighted by atomic mass is 16.2. The zero-order chi connectivity index (χ0) is 22.7. The number of nitrogens with zero attached hydrogens (tertiary/aromatic N) is 2. The van der Waals surface area contributed by atoms with Gasteiger partial charge in [0.05, 0.1) is 0 Å². The second-order valence-corrected chi connectivity index (χ2v) is 9.15. The topological polar surface area (TPSA) is 98.8 Å². The van der Waals surface area contributed by atoms with Crippen LogP contribution in [0.4, 0.5) is 4.79 Å². The largest absolute Gasteiger partial charge is 0.344 e. The van der Waals surface area contributed by atoms with Gasteiger partial charge in [-0.05, 0) is 56.1 Å². The van der Waals surface area contributed by atoms with Gasteiger partial charge in [0.1, 0.15) is 5.54 Å². The monoisotopic (exact) mass is 438 g/mol. The number of imide groups is 1. The summed E-state index contributed by atoms with van der Waals surface area (Å²) in [5, 5.41) is 3.67. The molecule has 32 heavy (non-hydrogen) atoms. The van der Waals surface area contributed by atoms with E-state index in [1.807, 2.05) is 30.3 Å². The van der Waals surface area contributed by atoms with E-state index in [2.05, 4.69) is 17.7 Å². The number of rotatable bonds is 4. The number of likely N-dealkylation sites (tertiary alicyclic amines) is 1. The van der Waals surface area contributed by atoms with Gasteiger partial charge in [-0.25, -0.2) is 4.79 Å². The van der Waals surface area contributed by atoms with Crippen molar-refractivity contribution in [3.8, 4) is 0 Å². The van der Waals surface area contributed by atoms with E-state index in [4.69, 9.17) is 0 Å². The zero-order valence-corrected chi connectivity index (χ0v) is 18.4. The van der Waals surface area contributed by atoms with Gasteiger partial charge in [0.2, 0.25) is 11.8 Å². The van der Waals surface area contributed by atoms with Crippen molar-refractivity contribution in [2.75, 3.05) is 13.1 Å². The van der Waals surface area contributed by atoms with Crippen molar-refractivity contribution in [1.29, 1.82) is 0 Å². The zero-order valence-electron chi connectivity index (χ0n) is 18.4. The van der Waals surface area contributed by atoms with Gasteiger partial charge >= 0.3 is 6.03 Å². The number of hydrogen-bond acceptors (Lipinski definition) is 4. The number of benzene rings is 1. The Balaban J connectivity index is 1.28. The lowest BCUT2D eigenvalue weighted by atomic mass is 9.77. The molecule has 1 aromatic rings. The van der Waals surface area contributed by atoms with Crippen molar-refractivity contribution in [3.63, 3.8) is 0 Å². The summed E-state index contributed by atoms with van der Waals surface area (Å²) in [6.45, 7) is 3.05. The summed E-state index contributed by atoms with van der Waals surface area (Å²) in [4.78, 5) is 52.2. The van der Waals surface area contributed by atoms with Crippen LogP contribution in [0.1, 0.15) is 51.0 Å². The molecule has 5 amide bonds. The van der Waals surface area contributed by atoms with Gasteiger partial charge in [0, 0.05) is 25.1 Å². The van der Waals surface area contributed by atoms with Crippen molar-refractivity contribution in [1.82, 2.24) is 20.7 Å². The molecule has 3 aliphatic rings. The Bertz CT molecular complexity index is 913. The molecule has 3 fully saturated rings. The van der Waals surface area contributed by atoms with Crippen molar-refractivity contribution < 1.29 is 19.2 Å². The van der Waals surface area contributed by atoms with Crippen LogP contribution in [0.15, 0.2) is 36.4 Å². The maximum Gasteiger partial charge on any atom is 0.344 e. The van der Waals surface area contributed by atoms with E-state index in [9.17, 15) is 19.2 Å². The van der Waals surface area contributed by atoms with Crippen LogP contribution in [0.25, 0.3) is 6.08 Å². The number of hydrogen-bond donors (Lipinski definition) is 2. The number of carbonyl (C=O) groups excluding carboxylic acids is 4. The first-order valence-corrected chi connectivity index (χ1v) is 11.4. The first-order chi connectivity index (χ1) is 15.4. The fourth-order valence-corrected chi connectivity index (χ4v) is 4.72. The number of hydrazine groups is 1. The van der Waals surface area contributed by atoms with Crippen LogP contribution < -0.4 is 10.7 Å². The minimum atomic E-state index is -0.877. The molecule has 1 aliphatic carbocycles. The van der Waals surface area contributed by atoms with E-state index >= 15 is 0 Å². The van der Waals surface area contributed by atoms with Crippen LogP contribution in [0, 0.1) is 11.8 Å². The molecule has 0 unspecified atom stereocenters. The molecule has 8 heteroatoms. The summed E-state index contributed by atoms with van der Waals surface area (Å²) in [5.41, 5.74) is 2.61. The van der Waals surface area contributed by atoms with E-state index in [1.165, 1.54) is 0 Å². The van der Waals surface area contributed by atoms with Gasteiger partial charge in [0.25, 0.3) is 5.91 Å². The second-order valence-electron chi connectivity index (χ2n) is 9.15. The molecule has 2 N–H and O–H groups in total. The SMILES string of the molecule is CC1CCC2(CC1)NC(=O)N(NC(=O)C1CCN(C(=O)/C=C\c3ccccc3)CC1)C2=O. The summed E-state index contributed by atoms with van der Waals surface area (Å²) in [7, 11) is 0. The van der Waals surface area contributed by atoms with E-state index in [0.717, 1.165) is 23.4 Å². The Labute approximate surface area is 188 Å².